The molecule has 1 aliphatic heterocycles. The van der Waals surface area contributed by atoms with Crippen LogP contribution in [0.1, 0.15) is 24.0 Å². The minimum absolute atomic E-state index is 0.0639. The number of likely N-dealkylation sites (N-methyl/N-ethyl adjacent to an activating group) is 1. The first-order valence-corrected chi connectivity index (χ1v) is 8.57. The number of rotatable bonds is 7. The van der Waals surface area contributed by atoms with Gasteiger partial charge < -0.3 is 16.4 Å². The molecule has 0 radical (unpaired) electrons. The van der Waals surface area contributed by atoms with E-state index in [2.05, 4.69) is 41.1 Å². The Hall–Kier alpha value is -2.08. The minimum atomic E-state index is -0.0639. The van der Waals surface area contributed by atoms with Crippen molar-refractivity contribution in [2.24, 2.45) is 16.5 Å². The first kappa shape index (κ1) is 18.3. The summed E-state index contributed by atoms with van der Waals surface area (Å²) in [6, 6.07) is 8.46. The lowest BCUT2D eigenvalue weighted by molar-refractivity contribution is -0.141. The molecule has 1 heterocycles. The van der Waals surface area contributed by atoms with E-state index in [1.807, 2.05) is 11.9 Å². The number of piperazine rings is 1. The molecule has 6 heteroatoms. The second-order valence-corrected chi connectivity index (χ2v) is 6.51. The van der Waals surface area contributed by atoms with E-state index < -0.39 is 0 Å². The van der Waals surface area contributed by atoms with Gasteiger partial charge in [0, 0.05) is 26.2 Å². The van der Waals surface area contributed by atoms with Crippen LogP contribution in [0.4, 0.5) is 0 Å². The first-order valence-electron chi connectivity index (χ1n) is 8.57. The Bertz CT molecular complexity index is 565. The van der Waals surface area contributed by atoms with Gasteiger partial charge in [0.2, 0.25) is 5.91 Å². The quantitative estimate of drug-likeness (QED) is 0.438. The van der Waals surface area contributed by atoms with Gasteiger partial charge >= 0.3 is 0 Å². The maximum atomic E-state index is 12.7. The molecule has 1 fully saturated rings. The van der Waals surface area contributed by atoms with Gasteiger partial charge in [0.05, 0.1) is 6.04 Å². The lowest BCUT2D eigenvalue weighted by atomic mass is 10.0. The van der Waals surface area contributed by atoms with Gasteiger partial charge in [-0.15, -0.1) is 0 Å². The van der Waals surface area contributed by atoms with Crippen LogP contribution >= 0.6 is 0 Å². The molecule has 0 unspecified atom stereocenters. The molecule has 4 N–H and O–H groups in total. The fourth-order valence-electron chi connectivity index (χ4n) is 3.02. The molecule has 1 atom stereocenters. The first-order chi connectivity index (χ1) is 11.5. The summed E-state index contributed by atoms with van der Waals surface area (Å²) in [7, 11) is 2.01. The number of hydrogen-bond acceptors (Lipinski definition) is 3. The van der Waals surface area contributed by atoms with Gasteiger partial charge in [0.25, 0.3) is 0 Å². The molecule has 1 saturated heterocycles. The van der Waals surface area contributed by atoms with E-state index in [9.17, 15) is 4.79 Å². The van der Waals surface area contributed by atoms with Gasteiger partial charge in [0.1, 0.15) is 0 Å². The predicted molar refractivity (Wildman–Crippen MR) is 97.8 cm³/mol. The molecular formula is C18H29N5O. The van der Waals surface area contributed by atoms with Gasteiger partial charge in [0.15, 0.2) is 5.96 Å². The Kier molecular flexibility index (Phi) is 6.61. The Morgan fingerprint density at radius 3 is 2.62 bits per heavy atom. The summed E-state index contributed by atoms with van der Waals surface area (Å²) in [5.74, 6) is 0.332. The number of aliphatic imine (C=N–C) groups is 1. The largest absolute Gasteiger partial charge is 0.370 e. The molecule has 0 spiro atoms. The summed E-state index contributed by atoms with van der Waals surface area (Å²) in [5, 5.41) is 0. The molecule has 24 heavy (non-hydrogen) atoms. The number of hydrogen-bond donors (Lipinski definition) is 2. The number of benzene rings is 1. The van der Waals surface area contributed by atoms with Crippen LogP contribution in [-0.2, 0) is 11.2 Å². The summed E-state index contributed by atoms with van der Waals surface area (Å²) in [6.45, 7) is 5.14. The second-order valence-electron chi connectivity index (χ2n) is 6.51. The third-order valence-electron chi connectivity index (χ3n) is 4.57. The van der Waals surface area contributed by atoms with Gasteiger partial charge in [-0.2, -0.15) is 0 Å². The van der Waals surface area contributed by atoms with Crippen LogP contribution in [0.5, 0.6) is 0 Å². The standard InChI is InChI=1S/C18H29N5O/c1-14-5-7-15(8-6-14)9-11-23-13-12-22(2)16(17(23)24)4-3-10-21-18(19)20/h5-8,16H,3-4,9-13H2,1-2H3,(H4,19,20,21)/t16-/m0/s1. The number of aryl methyl sites for hydroxylation is 1. The van der Waals surface area contributed by atoms with Crippen molar-refractivity contribution in [2.45, 2.75) is 32.2 Å². The number of amides is 1. The lowest BCUT2D eigenvalue weighted by Gasteiger charge is -2.38. The second kappa shape index (κ2) is 8.68. The molecule has 0 aromatic heterocycles. The van der Waals surface area contributed by atoms with Crippen LogP contribution in [0.3, 0.4) is 0 Å². The van der Waals surface area contributed by atoms with Crippen molar-refractivity contribution in [3.8, 4) is 0 Å². The molecule has 6 nitrogen and oxygen atoms in total. The van der Waals surface area contributed by atoms with Crippen LogP contribution in [-0.4, -0.2) is 60.9 Å². The molecule has 1 aromatic rings. The van der Waals surface area contributed by atoms with Crippen LogP contribution in [0.25, 0.3) is 0 Å². The highest BCUT2D eigenvalue weighted by atomic mass is 16.2. The van der Waals surface area contributed by atoms with E-state index in [0.29, 0.717) is 6.54 Å². The van der Waals surface area contributed by atoms with Crippen molar-refractivity contribution in [3.05, 3.63) is 35.4 Å². The van der Waals surface area contributed by atoms with Crippen molar-refractivity contribution in [1.29, 1.82) is 0 Å². The van der Waals surface area contributed by atoms with Crippen LogP contribution in [0.2, 0.25) is 0 Å². The maximum Gasteiger partial charge on any atom is 0.239 e. The van der Waals surface area contributed by atoms with Crippen molar-refractivity contribution in [2.75, 3.05) is 33.2 Å². The van der Waals surface area contributed by atoms with Crippen LogP contribution < -0.4 is 11.5 Å². The summed E-state index contributed by atoms with van der Waals surface area (Å²) in [4.78, 5) is 20.9. The van der Waals surface area contributed by atoms with Gasteiger partial charge in [-0.25, -0.2) is 0 Å². The molecule has 0 aliphatic carbocycles. The van der Waals surface area contributed by atoms with Crippen molar-refractivity contribution in [1.82, 2.24) is 9.80 Å². The molecule has 0 bridgehead atoms. The molecule has 132 valence electrons. The predicted octanol–water partition coefficient (Wildman–Crippen LogP) is 0.734. The average molecular weight is 331 g/mol. The molecule has 1 aliphatic rings. The number of carbonyl (C=O) groups excluding carboxylic acids is 1. The summed E-state index contributed by atoms with van der Waals surface area (Å²) < 4.78 is 0. The Morgan fingerprint density at radius 1 is 1.25 bits per heavy atom. The number of carbonyl (C=O) groups is 1. The monoisotopic (exact) mass is 331 g/mol. The van der Waals surface area contributed by atoms with E-state index in [1.54, 1.807) is 0 Å². The van der Waals surface area contributed by atoms with E-state index >= 15 is 0 Å². The fourth-order valence-corrected chi connectivity index (χ4v) is 3.02. The maximum absolute atomic E-state index is 12.7. The van der Waals surface area contributed by atoms with Gasteiger partial charge in [-0.1, -0.05) is 29.8 Å². The van der Waals surface area contributed by atoms with Crippen molar-refractivity contribution < 1.29 is 4.79 Å². The van der Waals surface area contributed by atoms with Crippen molar-refractivity contribution in [3.63, 3.8) is 0 Å². The molecule has 1 amide bonds. The smallest absolute Gasteiger partial charge is 0.239 e. The molecular weight excluding hydrogens is 302 g/mol. The zero-order valence-corrected chi connectivity index (χ0v) is 14.7. The fraction of sp³-hybridized carbons (Fsp3) is 0.556. The number of guanidine groups is 1. The van der Waals surface area contributed by atoms with Gasteiger partial charge in [-0.05, 0) is 38.8 Å². The van der Waals surface area contributed by atoms with Gasteiger partial charge in [-0.3, -0.25) is 14.7 Å². The van der Waals surface area contributed by atoms with E-state index in [4.69, 9.17) is 11.5 Å². The van der Waals surface area contributed by atoms with E-state index in [1.165, 1.54) is 11.1 Å². The molecule has 2 rings (SSSR count). The minimum Gasteiger partial charge on any atom is -0.370 e. The molecule has 0 saturated carbocycles. The van der Waals surface area contributed by atoms with E-state index in [0.717, 1.165) is 38.9 Å². The van der Waals surface area contributed by atoms with Crippen molar-refractivity contribution >= 4 is 11.9 Å². The topological polar surface area (TPSA) is 87.9 Å². The lowest BCUT2D eigenvalue weighted by Crippen LogP contribution is -2.55. The zero-order chi connectivity index (χ0) is 17.5. The third kappa shape index (κ3) is 5.23. The summed E-state index contributed by atoms with van der Waals surface area (Å²) in [5.41, 5.74) is 13.2. The average Bonchev–Trinajstić information content (AvgIpc) is 2.54. The summed E-state index contributed by atoms with van der Waals surface area (Å²) >= 11 is 0. The highest BCUT2D eigenvalue weighted by Crippen LogP contribution is 2.15. The normalized spacial score (nSPS) is 18.7. The van der Waals surface area contributed by atoms with Crippen LogP contribution in [0, 0.1) is 6.92 Å². The highest BCUT2D eigenvalue weighted by molar-refractivity contribution is 5.82. The molecule has 1 aromatic carbocycles. The Balaban J connectivity index is 1.86. The SMILES string of the molecule is Cc1ccc(CCN2CCN(C)[C@@H](CCCN=C(N)N)C2=O)cc1. The number of nitrogens with two attached hydrogens (primary N) is 2. The highest BCUT2D eigenvalue weighted by Gasteiger charge is 2.31. The number of nitrogens with zero attached hydrogens (tertiary/aromatic N) is 3. The zero-order valence-electron chi connectivity index (χ0n) is 14.7. The Morgan fingerprint density at radius 2 is 1.96 bits per heavy atom. The van der Waals surface area contributed by atoms with E-state index in [-0.39, 0.29) is 17.9 Å². The summed E-state index contributed by atoms with van der Waals surface area (Å²) in [6.07, 6.45) is 2.49. The Labute approximate surface area is 144 Å². The third-order valence-corrected chi connectivity index (χ3v) is 4.57. The van der Waals surface area contributed by atoms with Crippen LogP contribution in [0.15, 0.2) is 29.3 Å².